The van der Waals surface area contributed by atoms with E-state index in [0.29, 0.717) is 6.42 Å². The van der Waals surface area contributed by atoms with Crippen molar-refractivity contribution in [1.29, 1.82) is 0 Å². The zero-order valence-electron chi connectivity index (χ0n) is 10.8. The minimum Gasteiger partial charge on any atom is -0.327 e. The van der Waals surface area contributed by atoms with E-state index in [1.165, 1.54) is 0 Å². The molecule has 5 nitrogen and oxygen atoms in total. The topological polar surface area (TPSA) is 89.3 Å². The highest BCUT2D eigenvalue weighted by Gasteiger charge is 2.65. The van der Waals surface area contributed by atoms with Crippen molar-refractivity contribution in [2.45, 2.75) is 32.7 Å². The van der Waals surface area contributed by atoms with Gasteiger partial charge < -0.3 is 5.73 Å². The van der Waals surface area contributed by atoms with Crippen LogP contribution in [0.3, 0.4) is 0 Å². The van der Waals surface area contributed by atoms with E-state index in [1.54, 1.807) is 6.92 Å². The number of hydrogen-bond donors (Lipinski definition) is 2. The molecule has 2 aliphatic carbocycles. The molecule has 0 heterocycles. The van der Waals surface area contributed by atoms with Crippen LogP contribution in [-0.4, -0.2) is 32.5 Å². The normalized spacial score (nSPS) is 34.7. The summed E-state index contributed by atoms with van der Waals surface area (Å²) in [4.78, 5) is 12.0. The molecule has 0 aliphatic heterocycles. The molecule has 3 atom stereocenters. The van der Waals surface area contributed by atoms with E-state index < -0.39 is 15.4 Å². The molecular formula is C12H20N2O3S. The molecule has 2 rings (SSSR count). The van der Waals surface area contributed by atoms with Crippen molar-refractivity contribution in [3.05, 3.63) is 11.6 Å². The molecule has 2 fully saturated rings. The predicted molar refractivity (Wildman–Crippen MR) is 69.4 cm³/mol. The highest BCUT2D eigenvalue weighted by molar-refractivity contribution is 7.89. The second kappa shape index (κ2) is 4.43. The number of rotatable bonds is 5. The van der Waals surface area contributed by atoms with E-state index >= 15 is 0 Å². The lowest BCUT2D eigenvalue weighted by Gasteiger charge is -2.57. The van der Waals surface area contributed by atoms with Crippen LogP contribution in [0.25, 0.3) is 0 Å². The summed E-state index contributed by atoms with van der Waals surface area (Å²) < 4.78 is 26.3. The van der Waals surface area contributed by atoms with Crippen LogP contribution >= 0.6 is 0 Å². The fourth-order valence-electron chi connectivity index (χ4n) is 2.95. The summed E-state index contributed by atoms with van der Waals surface area (Å²) in [5.41, 5.74) is 5.69. The van der Waals surface area contributed by atoms with Crippen molar-refractivity contribution >= 4 is 15.8 Å². The third-order valence-corrected chi connectivity index (χ3v) is 5.52. The number of carbonyl (C=O) groups excluding carboxylic acids is 1. The number of Topliss-reactive ketones (excluding diaryl/α,β-unsaturated/α-hetero) is 1. The number of nitrogens with one attached hydrogen (secondary N) is 1. The van der Waals surface area contributed by atoms with Gasteiger partial charge in [-0.1, -0.05) is 6.08 Å². The van der Waals surface area contributed by atoms with Gasteiger partial charge in [-0.3, -0.25) is 4.79 Å². The summed E-state index contributed by atoms with van der Waals surface area (Å²) in [6, 6.07) is -0.224. The van der Waals surface area contributed by atoms with Crippen molar-refractivity contribution in [3.63, 3.8) is 0 Å². The van der Waals surface area contributed by atoms with Crippen molar-refractivity contribution in [3.8, 4) is 0 Å². The molecule has 0 aromatic carbocycles. The molecule has 18 heavy (non-hydrogen) atoms. The Kier molecular flexibility index (Phi) is 3.38. The minimum absolute atomic E-state index is 0.0208. The molecule has 6 heteroatoms. The number of fused-ring (bicyclic) bond motifs is 1. The molecule has 0 amide bonds. The van der Waals surface area contributed by atoms with Crippen molar-refractivity contribution < 1.29 is 13.2 Å². The first kappa shape index (κ1) is 13.7. The first-order valence-electron chi connectivity index (χ1n) is 6.26. The molecule has 0 saturated heterocycles. The van der Waals surface area contributed by atoms with Gasteiger partial charge in [0.25, 0.3) is 0 Å². The molecule has 2 saturated carbocycles. The standard InChI is InChI=1S/C12H20N2O3S/c1-3-9-10-4-5-12(10,11(9)15)7-18(16,17)14-6-8(2)13/h3,8,10,14H,4-7,13H2,1-2H3/b9-3+. The number of sulfonamides is 1. The van der Waals surface area contributed by atoms with Gasteiger partial charge in [-0.15, -0.1) is 0 Å². The van der Waals surface area contributed by atoms with Crippen molar-refractivity contribution in [2.75, 3.05) is 12.3 Å². The van der Waals surface area contributed by atoms with Gasteiger partial charge >= 0.3 is 0 Å². The Hall–Kier alpha value is -0.720. The van der Waals surface area contributed by atoms with Crippen LogP contribution < -0.4 is 10.5 Å². The van der Waals surface area contributed by atoms with Crippen LogP contribution in [0.5, 0.6) is 0 Å². The molecule has 102 valence electrons. The Balaban J connectivity index is 2.05. The van der Waals surface area contributed by atoms with Gasteiger partial charge in [-0.05, 0) is 32.3 Å². The fourth-order valence-corrected chi connectivity index (χ4v) is 4.72. The van der Waals surface area contributed by atoms with Gasteiger partial charge in [0.2, 0.25) is 10.0 Å². The molecule has 0 radical (unpaired) electrons. The minimum atomic E-state index is -3.42. The van der Waals surface area contributed by atoms with E-state index in [2.05, 4.69) is 4.72 Å². The monoisotopic (exact) mass is 272 g/mol. The van der Waals surface area contributed by atoms with Gasteiger partial charge in [0, 0.05) is 18.5 Å². The van der Waals surface area contributed by atoms with Gasteiger partial charge in [-0.2, -0.15) is 0 Å². The maximum absolute atomic E-state index is 12.0. The van der Waals surface area contributed by atoms with E-state index in [9.17, 15) is 13.2 Å². The zero-order valence-corrected chi connectivity index (χ0v) is 11.6. The molecule has 0 bridgehead atoms. The van der Waals surface area contributed by atoms with Gasteiger partial charge in [0.15, 0.2) is 5.78 Å². The Morgan fingerprint density at radius 3 is 2.67 bits per heavy atom. The molecule has 0 spiro atoms. The van der Waals surface area contributed by atoms with E-state index in [-0.39, 0.29) is 30.0 Å². The van der Waals surface area contributed by atoms with E-state index in [4.69, 9.17) is 5.73 Å². The lowest BCUT2D eigenvalue weighted by Crippen LogP contribution is -2.63. The van der Waals surface area contributed by atoms with Crippen LogP contribution in [0.2, 0.25) is 0 Å². The van der Waals surface area contributed by atoms with Crippen molar-refractivity contribution in [2.24, 2.45) is 17.1 Å². The summed E-state index contributed by atoms with van der Waals surface area (Å²) in [6.45, 7) is 3.78. The van der Waals surface area contributed by atoms with Gasteiger partial charge in [-0.25, -0.2) is 13.1 Å². The van der Waals surface area contributed by atoms with Crippen molar-refractivity contribution in [1.82, 2.24) is 4.72 Å². The second-order valence-corrected chi connectivity index (χ2v) is 7.21. The Bertz CT molecular complexity index is 495. The van der Waals surface area contributed by atoms with Crippen LogP contribution in [-0.2, 0) is 14.8 Å². The maximum Gasteiger partial charge on any atom is 0.212 e. The second-order valence-electron chi connectivity index (χ2n) is 5.41. The molecule has 2 aliphatic rings. The Morgan fingerprint density at radius 2 is 2.28 bits per heavy atom. The number of hydrogen-bond acceptors (Lipinski definition) is 4. The third-order valence-electron chi connectivity index (χ3n) is 4.02. The predicted octanol–water partition coefficient (Wildman–Crippen LogP) is 0.178. The van der Waals surface area contributed by atoms with E-state index in [1.807, 2.05) is 13.0 Å². The van der Waals surface area contributed by atoms with Crippen LogP contribution in [0.1, 0.15) is 26.7 Å². The molecular weight excluding hydrogens is 252 g/mol. The van der Waals surface area contributed by atoms with E-state index in [0.717, 1.165) is 12.0 Å². The lowest BCUT2D eigenvalue weighted by atomic mass is 9.45. The van der Waals surface area contributed by atoms with Crippen LogP contribution in [0.4, 0.5) is 0 Å². The third kappa shape index (κ3) is 2.02. The number of nitrogens with two attached hydrogens (primary N) is 1. The first-order valence-corrected chi connectivity index (χ1v) is 7.91. The molecule has 3 unspecified atom stereocenters. The number of allylic oxidation sites excluding steroid dienone is 2. The molecule has 0 aromatic heterocycles. The van der Waals surface area contributed by atoms with Gasteiger partial charge in [0.05, 0.1) is 11.2 Å². The average molecular weight is 272 g/mol. The highest BCUT2D eigenvalue weighted by Crippen LogP contribution is 2.61. The summed E-state index contributed by atoms with van der Waals surface area (Å²) in [7, 11) is -3.42. The largest absolute Gasteiger partial charge is 0.327 e. The number of carbonyl (C=O) groups is 1. The number of ketones is 1. The smallest absolute Gasteiger partial charge is 0.212 e. The van der Waals surface area contributed by atoms with Crippen LogP contribution in [0.15, 0.2) is 11.6 Å². The Labute approximate surface area is 108 Å². The zero-order chi connectivity index (χ0) is 13.6. The summed E-state index contributed by atoms with van der Waals surface area (Å²) in [6.07, 6.45) is 3.42. The highest BCUT2D eigenvalue weighted by atomic mass is 32.2. The summed E-state index contributed by atoms with van der Waals surface area (Å²) >= 11 is 0. The Morgan fingerprint density at radius 1 is 1.61 bits per heavy atom. The van der Waals surface area contributed by atoms with Crippen LogP contribution in [0, 0.1) is 11.3 Å². The fraction of sp³-hybridized carbons (Fsp3) is 0.750. The SMILES string of the molecule is C/C=C1/C(=O)C2(CS(=O)(=O)NCC(C)N)CCC12. The first-order chi connectivity index (χ1) is 8.32. The lowest BCUT2D eigenvalue weighted by molar-refractivity contribution is -0.144. The quantitative estimate of drug-likeness (QED) is 0.699. The summed E-state index contributed by atoms with van der Waals surface area (Å²) in [5, 5.41) is 0. The average Bonchev–Trinajstić information content (AvgIpc) is 2.28. The summed E-state index contributed by atoms with van der Waals surface area (Å²) in [5.74, 6) is 0.0856. The molecule has 3 N–H and O–H groups in total. The maximum atomic E-state index is 12.0. The van der Waals surface area contributed by atoms with Gasteiger partial charge in [0.1, 0.15) is 0 Å². The molecule has 0 aromatic rings.